The Balaban J connectivity index is 1.38. The first kappa shape index (κ1) is 16.4. The van der Waals surface area contributed by atoms with Crippen LogP contribution in [0.5, 0.6) is 0 Å². The zero-order valence-corrected chi connectivity index (χ0v) is 15.3. The predicted molar refractivity (Wildman–Crippen MR) is 103 cm³/mol. The lowest BCUT2D eigenvalue weighted by Gasteiger charge is -2.34. The third-order valence-corrected chi connectivity index (χ3v) is 5.57. The normalized spacial score (nSPS) is 18.1. The number of hydrogen-bond acceptors (Lipinski definition) is 4. The molecule has 2 aromatic heterocycles. The van der Waals surface area contributed by atoms with E-state index in [2.05, 4.69) is 15.0 Å². The van der Waals surface area contributed by atoms with Crippen LogP contribution in [0.3, 0.4) is 0 Å². The molecule has 1 aromatic carbocycles. The van der Waals surface area contributed by atoms with Gasteiger partial charge in [0.1, 0.15) is 5.56 Å². The fourth-order valence-electron chi connectivity index (χ4n) is 3.84. The summed E-state index contributed by atoms with van der Waals surface area (Å²) >= 11 is 0. The maximum Gasteiger partial charge on any atom is 0.259 e. The molecule has 1 aliphatic heterocycles. The molecule has 0 atom stereocenters. The third kappa shape index (κ3) is 3.21. The lowest BCUT2D eigenvalue weighted by Crippen LogP contribution is -2.49. The first-order chi connectivity index (χ1) is 13.3. The number of aromatic nitrogens is 3. The van der Waals surface area contributed by atoms with Crippen molar-refractivity contribution in [3.63, 3.8) is 0 Å². The minimum absolute atomic E-state index is 0.0359. The monoisotopic (exact) mass is 361 g/mol. The van der Waals surface area contributed by atoms with Crippen molar-refractivity contribution in [3.05, 3.63) is 54.4 Å². The van der Waals surface area contributed by atoms with Gasteiger partial charge in [0.15, 0.2) is 5.65 Å². The van der Waals surface area contributed by atoms with E-state index in [-0.39, 0.29) is 5.91 Å². The van der Waals surface area contributed by atoms with Gasteiger partial charge >= 0.3 is 0 Å². The lowest BCUT2D eigenvalue weighted by atomic mass is 10.1. The SMILES string of the molecule is O=C(c1cnn2c(-c3ccccc3)ccnc12)N1CCN(CC2CC2)CC1. The van der Waals surface area contributed by atoms with Crippen LogP contribution in [-0.2, 0) is 0 Å². The maximum atomic E-state index is 13.1. The summed E-state index contributed by atoms with van der Waals surface area (Å²) in [5.74, 6) is 0.932. The van der Waals surface area contributed by atoms with Gasteiger partial charge in [0.05, 0.1) is 11.9 Å². The standard InChI is InChI=1S/C21H23N5O/c27-21(25-12-10-24(11-13-25)15-16-6-7-16)18-14-23-26-19(8-9-22-20(18)26)17-4-2-1-3-5-17/h1-5,8-9,14,16H,6-7,10-13,15H2. The molecule has 1 saturated heterocycles. The largest absolute Gasteiger partial charge is 0.336 e. The van der Waals surface area contributed by atoms with Crippen molar-refractivity contribution in [2.24, 2.45) is 5.92 Å². The molecule has 0 unspecified atom stereocenters. The Morgan fingerprint density at radius 2 is 1.81 bits per heavy atom. The molecule has 2 fully saturated rings. The van der Waals surface area contributed by atoms with Gasteiger partial charge in [-0.2, -0.15) is 5.10 Å². The van der Waals surface area contributed by atoms with Crippen LogP contribution < -0.4 is 0 Å². The van der Waals surface area contributed by atoms with Crippen LogP contribution in [0.2, 0.25) is 0 Å². The van der Waals surface area contributed by atoms with Gasteiger partial charge in [-0.15, -0.1) is 0 Å². The Hall–Kier alpha value is -2.73. The van der Waals surface area contributed by atoms with Crippen molar-refractivity contribution < 1.29 is 4.79 Å². The number of carbonyl (C=O) groups is 1. The van der Waals surface area contributed by atoms with Crippen LogP contribution in [-0.4, -0.2) is 63.0 Å². The van der Waals surface area contributed by atoms with E-state index in [1.807, 2.05) is 41.3 Å². The highest BCUT2D eigenvalue weighted by molar-refractivity contribution is 6.00. The Labute approximate surface area is 158 Å². The Kier molecular flexibility index (Phi) is 4.13. The summed E-state index contributed by atoms with van der Waals surface area (Å²) in [5, 5.41) is 4.47. The molecule has 0 bridgehead atoms. The molecule has 6 nitrogen and oxygen atoms in total. The number of rotatable bonds is 4. The summed E-state index contributed by atoms with van der Waals surface area (Å²) < 4.78 is 1.77. The molecule has 5 rings (SSSR count). The quantitative estimate of drug-likeness (QED) is 0.717. The van der Waals surface area contributed by atoms with Crippen molar-refractivity contribution in [2.75, 3.05) is 32.7 Å². The van der Waals surface area contributed by atoms with Gasteiger partial charge in [0.25, 0.3) is 5.91 Å². The first-order valence-corrected chi connectivity index (χ1v) is 9.69. The van der Waals surface area contributed by atoms with Gasteiger partial charge in [-0.1, -0.05) is 30.3 Å². The summed E-state index contributed by atoms with van der Waals surface area (Å²) in [7, 11) is 0. The van der Waals surface area contributed by atoms with Crippen molar-refractivity contribution >= 4 is 11.6 Å². The van der Waals surface area contributed by atoms with Crippen molar-refractivity contribution in [1.82, 2.24) is 24.4 Å². The highest BCUT2D eigenvalue weighted by atomic mass is 16.2. The Bertz CT molecular complexity index is 955. The molecule has 138 valence electrons. The van der Waals surface area contributed by atoms with Crippen LogP contribution in [0.25, 0.3) is 16.9 Å². The molecule has 1 amide bonds. The number of hydrogen-bond donors (Lipinski definition) is 0. The van der Waals surface area contributed by atoms with Crippen LogP contribution in [0.4, 0.5) is 0 Å². The first-order valence-electron chi connectivity index (χ1n) is 9.69. The third-order valence-electron chi connectivity index (χ3n) is 5.57. The second-order valence-electron chi connectivity index (χ2n) is 7.53. The van der Waals surface area contributed by atoms with E-state index in [1.54, 1.807) is 16.9 Å². The van der Waals surface area contributed by atoms with E-state index in [4.69, 9.17) is 0 Å². The molecule has 1 aliphatic carbocycles. The molecule has 27 heavy (non-hydrogen) atoms. The number of fused-ring (bicyclic) bond motifs is 1. The molecule has 1 saturated carbocycles. The van der Waals surface area contributed by atoms with Crippen LogP contribution >= 0.6 is 0 Å². The molecular weight excluding hydrogens is 338 g/mol. The summed E-state index contributed by atoms with van der Waals surface area (Å²) in [4.78, 5) is 22.0. The Morgan fingerprint density at radius 1 is 1.04 bits per heavy atom. The molecule has 6 heteroatoms. The number of amides is 1. The average Bonchev–Trinajstić information content (AvgIpc) is 3.43. The predicted octanol–water partition coefficient (Wildman–Crippen LogP) is 2.56. The topological polar surface area (TPSA) is 53.7 Å². The molecule has 2 aliphatic rings. The lowest BCUT2D eigenvalue weighted by molar-refractivity contribution is 0.0633. The maximum absolute atomic E-state index is 13.1. The number of piperazine rings is 1. The van der Waals surface area contributed by atoms with E-state index in [0.29, 0.717) is 11.2 Å². The van der Waals surface area contributed by atoms with Gasteiger partial charge in [-0.3, -0.25) is 9.69 Å². The number of benzene rings is 1. The molecule has 3 heterocycles. The number of nitrogens with zero attached hydrogens (tertiary/aromatic N) is 5. The van der Waals surface area contributed by atoms with Crippen LogP contribution in [0, 0.1) is 5.92 Å². The van der Waals surface area contributed by atoms with Crippen molar-refractivity contribution in [3.8, 4) is 11.3 Å². The summed E-state index contributed by atoms with van der Waals surface area (Å²) in [6.07, 6.45) is 6.16. The minimum Gasteiger partial charge on any atom is -0.336 e. The van der Waals surface area contributed by atoms with E-state index in [0.717, 1.165) is 43.4 Å². The zero-order chi connectivity index (χ0) is 18.2. The second-order valence-corrected chi connectivity index (χ2v) is 7.53. The fraction of sp³-hybridized carbons (Fsp3) is 0.381. The summed E-state index contributed by atoms with van der Waals surface area (Å²) in [6, 6.07) is 12.0. The molecule has 0 N–H and O–H groups in total. The summed E-state index contributed by atoms with van der Waals surface area (Å²) in [6.45, 7) is 4.68. The summed E-state index contributed by atoms with van der Waals surface area (Å²) in [5.41, 5.74) is 3.21. The van der Waals surface area contributed by atoms with E-state index >= 15 is 0 Å². The van der Waals surface area contributed by atoms with Gasteiger partial charge in [-0.25, -0.2) is 9.50 Å². The highest BCUT2D eigenvalue weighted by Crippen LogP contribution is 2.30. The smallest absolute Gasteiger partial charge is 0.259 e. The minimum atomic E-state index is 0.0359. The molecule has 3 aromatic rings. The van der Waals surface area contributed by atoms with Gasteiger partial charge < -0.3 is 4.90 Å². The fourth-order valence-corrected chi connectivity index (χ4v) is 3.84. The van der Waals surface area contributed by atoms with E-state index in [9.17, 15) is 4.79 Å². The average molecular weight is 361 g/mol. The van der Waals surface area contributed by atoms with Gasteiger partial charge in [0.2, 0.25) is 0 Å². The highest BCUT2D eigenvalue weighted by Gasteiger charge is 2.29. The molecule has 0 radical (unpaired) electrons. The van der Waals surface area contributed by atoms with Crippen LogP contribution in [0.1, 0.15) is 23.2 Å². The van der Waals surface area contributed by atoms with Gasteiger partial charge in [-0.05, 0) is 24.8 Å². The van der Waals surface area contributed by atoms with E-state index in [1.165, 1.54) is 19.4 Å². The molecule has 0 spiro atoms. The molecular formula is C21H23N5O. The second kappa shape index (κ2) is 6.78. The van der Waals surface area contributed by atoms with Gasteiger partial charge in [0, 0.05) is 44.5 Å². The van der Waals surface area contributed by atoms with Crippen molar-refractivity contribution in [2.45, 2.75) is 12.8 Å². The zero-order valence-electron chi connectivity index (χ0n) is 15.3. The number of carbonyl (C=O) groups excluding carboxylic acids is 1. The van der Waals surface area contributed by atoms with E-state index < -0.39 is 0 Å². The van der Waals surface area contributed by atoms with Crippen molar-refractivity contribution in [1.29, 1.82) is 0 Å². The van der Waals surface area contributed by atoms with Crippen LogP contribution in [0.15, 0.2) is 48.8 Å². The Morgan fingerprint density at radius 3 is 2.56 bits per heavy atom.